The first-order valence-electron chi connectivity index (χ1n) is 12.9. The Hall–Kier alpha value is -3.78. The molecular formula is C30H33F2N3O3. The second-order valence-corrected chi connectivity index (χ2v) is 9.56. The van der Waals surface area contributed by atoms with E-state index in [1.165, 1.54) is 12.1 Å². The Labute approximate surface area is 222 Å². The molecule has 0 saturated heterocycles. The van der Waals surface area contributed by atoms with Crippen LogP contribution >= 0.6 is 0 Å². The van der Waals surface area contributed by atoms with Crippen LogP contribution in [0.15, 0.2) is 66.7 Å². The van der Waals surface area contributed by atoms with Crippen LogP contribution in [0.2, 0.25) is 0 Å². The lowest BCUT2D eigenvalue weighted by molar-refractivity contribution is -0.122. The van der Waals surface area contributed by atoms with Crippen molar-refractivity contribution in [1.29, 1.82) is 0 Å². The fourth-order valence-electron chi connectivity index (χ4n) is 4.49. The number of benzene rings is 3. The van der Waals surface area contributed by atoms with Gasteiger partial charge in [-0.1, -0.05) is 42.5 Å². The summed E-state index contributed by atoms with van der Waals surface area (Å²) in [4.78, 5) is 27.3. The molecule has 3 aromatic rings. The number of ether oxygens (including phenoxy) is 1. The van der Waals surface area contributed by atoms with Gasteiger partial charge in [0, 0.05) is 37.8 Å². The summed E-state index contributed by atoms with van der Waals surface area (Å²) >= 11 is 0. The standard InChI is InChI=1S/C30H33F2N3O3/c31-26-14-24(15-27(32)17-26)18-34-29(36)16-23-9-10-28-25(13-23)20-35(19-22-7-3-1-4-8-22)21-30(37)33-11-5-2-6-12-38-28/h1,3-4,7-10,13-15,17H,2,5-6,11-12,16,18-21H2,(H,33,37)(H,34,36). The molecule has 200 valence electrons. The van der Waals surface area contributed by atoms with Gasteiger partial charge in [-0.2, -0.15) is 0 Å². The van der Waals surface area contributed by atoms with Crippen LogP contribution in [0, 0.1) is 11.6 Å². The van der Waals surface area contributed by atoms with Gasteiger partial charge in [0.2, 0.25) is 11.8 Å². The number of nitrogens with one attached hydrogen (secondary N) is 2. The summed E-state index contributed by atoms with van der Waals surface area (Å²) in [6.45, 7) is 2.54. The van der Waals surface area contributed by atoms with Crippen LogP contribution in [-0.2, 0) is 35.6 Å². The zero-order chi connectivity index (χ0) is 26.7. The fourth-order valence-corrected chi connectivity index (χ4v) is 4.49. The maximum Gasteiger partial charge on any atom is 0.234 e. The minimum atomic E-state index is -0.682. The fraction of sp³-hybridized carbons (Fsp3) is 0.333. The van der Waals surface area contributed by atoms with E-state index < -0.39 is 11.6 Å². The Morgan fingerprint density at radius 1 is 0.895 bits per heavy atom. The minimum absolute atomic E-state index is 0.0213. The van der Waals surface area contributed by atoms with Crippen molar-refractivity contribution < 1.29 is 23.1 Å². The molecule has 38 heavy (non-hydrogen) atoms. The van der Waals surface area contributed by atoms with Crippen molar-refractivity contribution in [2.24, 2.45) is 0 Å². The summed E-state index contributed by atoms with van der Waals surface area (Å²) < 4.78 is 33.0. The number of nitrogens with zero attached hydrogens (tertiary/aromatic N) is 1. The number of carbonyl (C=O) groups excluding carboxylic acids is 2. The van der Waals surface area contributed by atoms with Crippen molar-refractivity contribution in [3.05, 3.63) is 101 Å². The topological polar surface area (TPSA) is 70.7 Å². The number of halogens is 2. The number of fused-ring (bicyclic) bond motifs is 1. The Morgan fingerprint density at radius 3 is 2.47 bits per heavy atom. The highest BCUT2D eigenvalue weighted by Gasteiger charge is 2.17. The molecule has 6 nitrogen and oxygen atoms in total. The van der Waals surface area contributed by atoms with Crippen molar-refractivity contribution >= 4 is 11.8 Å². The lowest BCUT2D eigenvalue weighted by Crippen LogP contribution is -2.37. The molecule has 0 unspecified atom stereocenters. The largest absolute Gasteiger partial charge is 0.493 e. The van der Waals surface area contributed by atoms with E-state index in [2.05, 4.69) is 15.5 Å². The number of rotatable bonds is 6. The van der Waals surface area contributed by atoms with Crippen molar-refractivity contribution in [3.63, 3.8) is 0 Å². The van der Waals surface area contributed by atoms with Gasteiger partial charge in [0.25, 0.3) is 0 Å². The molecule has 0 aromatic heterocycles. The monoisotopic (exact) mass is 521 g/mol. The molecule has 1 aliphatic rings. The number of hydrogen-bond acceptors (Lipinski definition) is 4. The van der Waals surface area contributed by atoms with Crippen LogP contribution in [0.1, 0.15) is 41.5 Å². The highest BCUT2D eigenvalue weighted by Crippen LogP contribution is 2.24. The molecule has 0 spiro atoms. The third kappa shape index (κ3) is 8.66. The summed E-state index contributed by atoms with van der Waals surface area (Å²) in [5, 5.41) is 5.74. The van der Waals surface area contributed by atoms with Crippen LogP contribution in [0.3, 0.4) is 0 Å². The molecule has 1 aliphatic heterocycles. The minimum Gasteiger partial charge on any atom is -0.493 e. The molecule has 4 rings (SSSR count). The molecule has 2 amide bonds. The molecule has 1 heterocycles. The molecule has 2 N–H and O–H groups in total. The van der Waals surface area contributed by atoms with E-state index in [1.807, 2.05) is 48.5 Å². The molecule has 0 fully saturated rings. The Kier molecular flexibility index (Phi) is 9.81. The first-order chi connectivity index (χ1) is 18.4. The second kappa shape index (κ2) is 13.7. The zero-order valence-electron chi connectivity index (χ0n) is 21.3. The first-order valence-corrected chi connectivity index (χ1v) is 12.9. The molecule has 0 atom stereocenters. The smallest absolute Gasteiger partial charge is 0.234 e. The SMILES string of the molecule is O=C(Cc1ccc2c(c1)CN(Cc1ccccc1)CC(=O)NCCCCCO2)NCc1cc(F)cc(F)c1. The van der Waals surface area contributed by atoms with Gasteiger partial charge >= 0.3 is 0 Å². The second-order valence-electron chi connectivity index (χ2n) is 9.56. The van der Waals surface area contributed by atoms with Crippen LogP contribution in [0.4, 0.5) is 8.78 Å². The average molecular weight is 522 g/mol. The lowest BCUT2D eigenvalue weighted by Gasteiger charge is -2.23. The van der Waals surface area contributed by atoms with E-state index in [1.54, 1.807) is 0 Å². The quantitative estimate of drug-likeness (QED) is 0.501. The van der Waals surface area contributed by atoms with Crippen LogP contribution in [0.5, 0.6) is 5.75 Å². The van der Waals surface area contributed by atoms with E-state index in [4.69, 9.17) is 4.74 Å². The summed E-state index contributed by atoms with van der Waals surface area (Å²) in [6.07, 6.45) is 2.84. The van der Waals surface area contributed by atoms with Gasteiger partial charge in [-0.25, -0.2) is 8.78 Å². The molecule has 0 aliphatic carbocycles. The van der Waals surface area contributed by atoms with Gasteiger partial charge in [-0.05, 0) is 54.2 Å². The average Bonchev–Trinajstić information content (AvgIpc) is 2.89. The Morgan fingerprint density at radius 2 is 1.68 bits per heavy atom. The summed E-state index contributed by atoms with van der Waals surface area (Å²) in [5.41, 5.74) is 3.12. The summed E-state index contributed by atoms with van der Waals surface area (Å²) in [7, 11) is 0. The van der Waals surface area contributed by atoms with E-state index >= 15 is 0 Å². The molecule has 8 heteroatoms. The number of carbonyl (C=O) groups is 2. The molecule has 0 bridgehead atoms. The first kappa shape index (κ1) is 27.3. The Balaban J connectivity index is 1.49. The van der Waals surface area contributed by atoms with Crippen LogP contribution in [0.25, 0.3) is 0 Å². The van der Waals surface area contributed by atoms with E-state index in [-0.39, 0.29) is 31.3 Å². The zero-order valence-corrected chi connectivity index (χ0v) is 21.3. The third-order valence-corrected chi connectivity index (χ3v) is 6.31. The van der Waals surface area contributed by atoms with Gasteiger partial charge in [0.05, 0.1) is 19.6 Å². The van der Waals surface area contributed by atoms with Crippen molar-refractivity contribution in [3.8, 4) is 5.75 Å². The molecule has 3 aromatic carbocycles. The Bertz CT molecular complexity index is 1220. The summed E-state index contributed by atoms with van der Waals surface area (Å²) in [6, 6.07) is 18.8. The van der Waals surface area contributed by atoms with Crippen molar-refractivity contribution in [1.82, 2.24) is 15.5 Å². The van der Waals surface area contributed by atoms with Crippen LogP contribution in [-0.4, -0.2) is 36.4 Å². The van der Waals surface area contributed by atoms with E-state index in [9.17, 15) is 18.4 Å². The van der Waals surface area contributed by atoms with Crippen molar-refractivity contribution in [2.75, 3.05) is 19.7 Å². The molecule has 0 radical (unpaired) electrons. The van der Waals surface area contributed by atoms with Gasteiger partial charge in [-0.15, -0.1) is 0 Å². The predicted molar refractivity (Wildman–Crippen MR) is 141 cm³/mol. The summed E-state index contributed by atoms with van der Waals surface area (Å²) in [5.74, 6) is -0.910. The maximum absolute atomic E-state index is 13.4. The van der Waals surface area contributed by atoms with E-state index in [0.29, 0.717) is 31.8 Å². The maximum atomic E-state index is 13.4. The molecule has 0 saturated carbocycles. The van der Waals surface area contributed by atoms with Gasteiger partial charge < -0.3 is 15.4 Å². The normalized spacial score (nSPS) is 15.2. The number of hydrogen-bond donors (Lipinski definition) is 2. The predicted octanol–water partition coefficient (Wildman–Crippen LogP) is 4.50. The number of amides is 2. The lowest BCUT2D eigenvalue weighted by atomic mass is 10.1. The highest BCUT2D eigenvalue weighted by atomic mass is 19.1. The molecular weight excluding hydrogens is 488 g/mol. The van der Waals surface area contributed by atoms with Gasteiger partial charge in [-0.3, -0.25) is 14.5 Å². The highest BCUT2D eigenvalue weighted by molar-refractivity contribution is 5.79. The van der Waals surface area contributed by atoms with E-state index in [0.717, 1.165) is 47.8 Å². The third-order valence-electron chi connectivity index (χ3n) is 6.31. The van der Waals surface area contributed by atoms with Crippen molar-refractivity contribution in [2.45, 2.75) is 45.3 Å². The van der Waals surface area contributed by atoms with Gasteiger partial charge in [0.1, 0.15) is 17.4 Å². The van der Waals surface area contributed by atoms with Gasteiger partial charge in [0.15, 0.2) is 0 Å². The van der Waals surface area contributed by atoms with Crippen LogP contribution < -0.4 is 15.4 Å².